The molecule has 0 spiro atoms. The minimum absolute atomic E-state index is 0.343. The zero-order valence-electron chi connectivity index (χ0n) is 12.2. The lowest BCUT2D eigenvalue weighted by molar-refractivity contribution is 0.553. The van der Waals surface area contributed by atoms with Crippen LogP contribution in [0.1, 0.15) is 22.7 Å². The monoisotopic (exact) mass is 298 g/mol. The number of pyridine rings is 1. The highest BCUT2D eigenvalue weighted by molar-refractivity contribution is 7.11. The molecule has 0 saturated carbocycles. The van der Waals surface area contributed by atoms with E-state index >= 15 is 0 Å². The summed E-state index contributed by atoms with van der Waals surface area (Å²) in [5.74, 6) is 0.529. The van der Waals surface area contributed by atoms with Crippen molar-refractivity contribution >= 4 is 17.2 Å². The fraction of sp³-hybridized carbons (Fsp3) is 0.250. The molecule has 0 aliphatic carbocycles. The fourth-order valence-electron chi connectivity index (χ4n) is 2.47. The van der Waals surface area contributed by atoms with Crippen LogP contribution >= 0.6 is 11.3 Å². The number of hydrogen-bond donors (Lipinski definition) is 1. The highest BCUT2D eigenvalue weighted by Crippen LogP contribution is 2.27. The van der Waals surface area contributed by atoms with Crippen molar-refractivity contribution in [3.63, 3.8) is 0 Å². The summed E-state index contributed by atoms with van der Waals surface area (Å²) in [5.41, 5.74) is 7.90. The molecule has 2 N–H and O–H groups in total. The average Bonchev–Trinajstić information content (AvgIpc) is 3.07. The summed E-state index contributed by atoms with van der Waals surface area (Å²) in [7, 11) is 0. The van der Waals surface area contributed by atoms with E-state index in [2.05, 4.69) is 40.5 Å². The van der Waals surface area contributed by atoms with E-state index in [0.29, 0.717) is 11.9 Å². The second kappa shape index (κ2) is 5.69. The van der Waals surface area contributed by atoms with E-state index in [-0.39, 0.29) is 0 Å². The summed E-state index contributed by atoms with van der Waals surface area (Å²) in [6.45, 7) is 4.35. The summed E-state index contributed by atoms with van der Waals surface area (Å²) in [4.78, 5) is 11.1. The largest absolute Gasteiger partial charge is 0.384 e. The third-order valence-electron chi connectivity index (χ3n) is 3.51. The molecule has 0 fully saturated rings. The van der Waals surface area contributed by atoms with Crippen molar-refractivity contribution in [2.75, 3.05) is 5.73 Å². The quantitative estimate of drug-likeness (QED) is 0.799. The number of nitrogens with two attached hydrogens (primary N) is 1. The third-order valence-corrected chi connectivity index (χ3v) is 4.53. The van der Waals surface area contributed by atoms with Crippen LogP contribution in [0, 0.1) is 6.92 Å². The lowest BCUT2D eigenvalue weighted by atomic mass is 10.1. The van der Waals surface area contributed by atoms with Gasteiger partial charge in [0.05, 0.1) is 18.2 Å². The highest BCUT2D eigenvalue weighted by Gasteiger charge is 2.13. The van der Waals surface area contributed by atoms with Crippen molar-refractivity contribution in [3.05, 3.63) is 52.7 Å². The van der Waals surface area contributed by atoms with E-state index in [1.807, 2.05) is 36.0 Å². The first kappa shape index (κ1) is 13.8. The van der Waals surface area contributed by atoms with Crippen LogP contribution in [0.2, 0.25) is 0 Å². The number of hydrogen-bond acceptors (Lipinski definition) is 4. The lowest BCUT2D eigenvalue weighted by Crippen LogP contribution is -2.08. The van der Waals surface area contributed by atoms with Gasteiger partial charge in [-0.15, -0.1) is 11.3 Å². The zero-order chi connectivity index (χ0) is 14.8. The summed E-state index contributed by atoms with van der Waals surface area (Å²) >= 11 is 1.85. The maximum Gasteiger partial charge on any atom is 0.123 e. The highest BCUT2D eigenvalue weighted by atomic mass is 32.1. The van der Waals surface area contributed by atoms with Crippen molar-refractivity contribution in [1.82, 2.24) is 14.5 Å². The van der Waals surface area contributed by atoms with E-state index in [0.717, 1.165) is 17.7 Å². The van der Waals surface area contributed by atoms with Crippen LogP contribution in [-0.4, -0.2) is 14.5 Å². The molecule has 4 nitrogen and oxygen atoms in total. The van der Waals surface area contributed by atoms with E-state index in [1.54, 1.807) is 6.20 Å². The molecule has 0 saturated heterocycles. The minimum atomic E-state index is 0.343. The SMILES string of the molecule is Cc1ccc(CC(C)n2cncc2-c2ccnc(N)c2)s1. The molecule has 0 bridgehead atoms. The zero-order valence-corrected chi connectivity index (χ0v) is 13.0. The molecular formula is C16H18N4S. The molecule has 0 radical (unpaired) electrons. The van der Waals surface area contributed by atoms with E-state index in [9.17, 15) is 0 Å². The number of nitrogen functional groups attached to an aromatic ring is 1. The summed E-state index contributed by atoms with van der Waals surface area (Å²) in [6.07, 6.45) is 6.50. The number of nitrogens with zero attached hydrogens (tertiary/aromatic N) is 3. The second-order valence-corrected chi connectivity index (χ2v) is 6.59. The van der Waals surface area contributed by atoms with Crippen molar-refractivity contribution in [2.24, 2.45) is 0 Å². The standard InChI is InChI=1S/C16H18N4S/c1-11(7-14-4-3-12(2)21-14)20-10-18-9-15(20)13-5-6-19-16(17)8-13/h3-6,8-11H,7H2,1-2H3,(H2,17,19). The molecule has 3 rings (SSSR count). The predicted octanol–water partition coefficient (Wildman–Crippen LogP) is 3.70. The number of aromatic nitrogens is 3. The normalized spacial score (nSPS) is 12.5. The molecule has 3 aromatic rings. The van der Waals surface area contributed by atoms with Gasteiger partial charge >= 0.3 is 0 Å². The number of rotatable bonds is 4. The molecule has 108 valence electrons. The fourth-order valence-corrected chi connectivity index (χ4v) is 3.48. The lowest BCUT2D eigenvalue weighted by Gasteiger charge is -2.16. The van der Waals surface area contributed by atoms with Crippen molar-refractivity contribution < 1.29 is 0 Å². The van der Waals surface area contributed by atoms with Crippen LogP contribution in [0.15, 0.2) is 43.0 Å². The summed E-state index contributed by atoms with van der Waals surface area (Å²) in [5, 5.41) is 0. The van der Waals surface area contributed by atoms with Gasteiger partial charge in [-0.2, -0.15) is 0 Å². The van der Waals surface area contributed by atoms with Crippen LogP contribution in [-0.2, 0) is 6.42 Å². The van der Waals surface area contributed by atoms with Gasteiger partial charge in [0.1, 0.15) is 5.82 Å². The third kappa shape index (κ3) is 2.97. The van der Waals surface area contributed by atoms with Crippen LogP contribution in [0.3, 0.4) is 0 Å². The Morgan fingerprint density at radius 1 is 1.33 bits per heavy atom. The maximum atomic E-state index is 5.78. The topological polar surface area (TPSA) is 56.7 Å². The smallest absolute Gasteiger partial charge is 0.123 e. The Balaban J connectivity index is 1.88. The van der Waals surface area contributed by atoms with Crippen LogP contribution < -0.4 is 5.73 Å². The molecule has 0 aliphatic rings. The molecule has 0 aromatic carbocycles. The van der Waals surface area contributed by atoms with Crippen molar-refractivity contribution in [1.29, 1.82) is 0 Å². The van der Waals surface area contributed by atoms with Crippen molar-refractivity contribution in [2.45, 2.75) is 26.3 Å². The Morgan fingerprint density at radius 2 is 2.19 bits per heavy atom. The Morgan fingerprint density at radius 3 is 2.90 bits per heavy atom. The predicted molar refractivity (Wildman–Crippen MR) is 87.3 cm³/mol. The number of thiophene rings is 1. The van der Waals surface area contributed by atoms with Gasteiger partial charge in [0.15, 0.2) is 0 Å². The summed E-state index contributed by atoms with van der Waals surface area (Å²) in [6, 6.07) is 8.57. The maximum absolute atomic E-state index is 5.78. The first-order chi connectivity index (χ1) is 10.1. The van der Waals surface area contributed by atoms with Gasteiger partial charge in [-0.1, -0.05) is 0 Å². The van der Waals surface area contributed by atoms with Gasteiger partial charge in [-0.25, -0.2) is 9.97 Å². The molecule has 1 unspecified atom stereocenters. The Bertz CT molecular complexity index is 744. The van der Waals surface area contributed by atoms with Gasteiger partial charge in [-0.3, -0.25) is 0 Å². The van der Waals surface area contributed by atoms with Gasteiger partial charge in [-0.05, 0) is 38.1 Å². The molecule has 5 heteroatoms. The van der Waals surface area contributed by atoms with Crippen molar-refractivity contribution in [3.8, 4) is 11.3 Å². The second-order valence-electron chi connectivity index (χ2n) is 5.22. The van der Waals surface area contributed by atoms with Gasteiger partial charge in [0.25, 0.3) is 0 Å². The Labute approximate surface area is 128 Å². The van der Waals surface area contributed by atoms with Gasteiger partial charge in [0.2, 0.25) is 0 Å². The number of anilines is 1. The first-order valence-electron chi connectivity index (χ1n) is 6.92. The minimum Gasteiger partial charge on any atom is -0.384 e. The first-order valence-corrected chi connectivity index (χ1v) is 7.74. The van der Waals surface area contributed by atoms with Crippen LogP contribution in [0.4, 0.5) is 5.82 Å². The number of imidazole rings is 1. The number of aryl methyl sites for hydroxylation is 1. The van der Waals surface area contributed by atoms with Gasteiger partial charge in [0, 0.05) is 34.0 Å². The Hall–Kier alpha value is -2.14. The molecule has 3 aromatic heterocycles. The molecule has 1 atom stereocenters. The molecule has 0 amide bonds. The van der Waals surface area contributed by atoms with E-state index < -0.39 is 0 Å². The van der Waals surface area contributed by atoms with E-state index in [4.69, 9.17) is 5.73 Å². The molecular weight excluding hydrogens is 280 g/mol. The van der Waals surface area contributed by atoms with E-state index in [1.165, 1.54) is 9.75 Å². The Kier molecular flexibility index (Phi) is 3.75. The molecule has 21 heavy (non-hydrogen) atoms. The van der Waals surface area contributed by atoms with Gasteiger partial charge < -0.3 is 10.3 Å². The summed E-state index contributed by atoms with van der Waals surface area (Å²) < 4.78 is 2.20. The molecule has 0 aliphatic heterocycles. The van der Waals surface area contributed by atoms with Crippen LogP contribution in [0.25, 0.3) is 11.3 Å². The molecule has 3 heterocycles. The average molecular weight is 298 g/mol. The van der Waals surface area contributed by atoms with Crippen LogP contribution in [0.5, 0.6) is 0 Å².